The zero-order chi connectivity index (χ0) is 11.5. The molecule has 0 aliphatic carbocycles. The maximum absolute atomic E-state index is 6.07. The Bertz CT molecular complexity index is 516. The van der Waals surface area contributed by atoms with Crippen LogP contribution in [0.4, 0.5) is 5.82 Å². The first-order valence-corrected chi connectivity index (χ1v) is 5.21. The summed E-state index contributed by atoms with van der Waals surface area (Å²) in [6, 6.07) is 5.15. The van der Waals surface area contributed by atoms with Crippen molar-refractivity contribution in [1.82, 2.24) is 9.97 Å². The number of aromatic nitrogens is 2. The lowest BCUT2D eigenvalue weighted by Crippen LogP contribution is -2.10. The molecule has 0 unspecified atom stereocenters. The second-order valence-electron chi connectivity index (χ2n) is 3.02. The van der Waals surface area contributed by atoms with E-state index in [4.69, 9.17) is 29.0 Å². The first kappa shape index (κ1) is 11.1. The van der Waals surface area contributed by atoms with Gasteiger partial charge in [0.25, 0.3) is 0 Å². The SMILES string of the molecule is NNc1nccnc1-c1ccc(Cl)cc1Cl. The molecule has 3 N–H and O–H groups in total. The molecule has 0 saturated carbocycles. The predicted octanol–water partition coefficient (Wildman–Crippen LogP) is 2.74. The zero-order valence-corrected chi connectivity index (χ0v) is 9.63. The summed E-state index contributed by atoms with van der Waals surface area (Å²) in [4.78, 5) is 8.22. The highest BCUT2D eigenvalue weighted by atomic mass is 35.5. The van der Waals surface area contributed by atoms with Gasteiger partial charge in [-0.25, -0.2) is 10.8 Å². The van der Waals surface area contributed by atoms with Crippen LogP contribution in [0.3, 0.4) is 0 Å². The molecule has 1 aromatic carbocycles. The van der Waals surface area contributed by atoms with Crippen LogP contribution in [0.15, 0.2) is 30.6 Å². The van der Waals surface area contributed by atoms with E-state index < -0.39 is 0 Å². The number of hydrogen-bond donors (Lipinski definition) is 2. The fraction of sp³-hybridized carbons (Fsp3) is 0. The molecular formula is C10H8Cl2N4. The van der Waals surface area contributed by atoms with Gasteiger partial charge in [0, 0.05) is 23.0 Å². The fourth-order valence-electron chi connectivity index (χ4n) is 1.32. The Labute approximate surface area is 102 Å². The molecule has 0 aliphatic rings. The largest absolute Gasteiger partial charge is 0.307 e. The zero-order valence-electron chi connectivity index (χ0n) is 8.11. The minimum atomic E-state index is 0.465. The summed E-state index contributed by atoms with van der Waals surface area (Å²) < 4.78 is 0. The molecule has 0 spiro atoms. The smallest absolute Gasteiger partial charge is 0.166 e. The van der Waals surface area contributed by atoms with E-state index in [1.54, 1.807) is 30.6 Å². The minimum Gasteiger partial charge on any atom is -0.307 e. The van der Waals surface area contributed by atoms with Crippen molar-refractivity contribution < 1.29 is 0 Å². The molecule has 0 amide bonds. The number of hydrogen-bond acceptors (Lipinski definition) is 4. The van der Waals surface area contributed by atoms with Crippen LogP contribution < -0.4 is 11.3 Å². The molecule has 2 rings (SSSR count). The van der Waals surface area contributed by atoms with Crippen molar-refractivity contribution in [2.24, 2.45) is 5.84 Å². The van der Waals surface area contributed by atoms with Gasteiger partial charge in [0.15, 0.2) is 5.82 Å². The van der Waals surface area contributed by atoms with Gasteiger partial charge in [0.05, 0.1) is 5.02 Å². The molecule has 0 saturated heterocycles. The molecule has 1 heterocycles. The van der Waals surface area contributed by atoms with Crippen molar-refractivity contribution in [3.63, 3.8) is 0 Å². The summed E-state index contributed by atoms with van der Waals surface area (Å²) in [7, 11) is 0. The van der Waals surface area contributed by atoms with Crippen LogP contribution in [0.1, 0.15) is 0 Å². The van der Waals surface area contributed by atoms with Gasteiger partial charge >= 0.3 is 0 Å². The molecule has 1 aromatic heterocycles. The summed E-state index contributed by atoms with van der Waals surface area (Å²) in [5.74, 6) is 5.81. The molecule has 2 aromatic rings. The number of halogens is 2. The number of nitrogen functional groups attached to an aromatic ring is 1. The summed E-state index contributed by atoms with van der Waals surface area (Å²) in [6.45, 7) is 0. The Balaban J connectivity index is 2.58. The van der Waals surface area contributed by atoms with Gasteiger partial charge in [-0.05, 0) is 18.2 Å². The monoisotopic (exact) mass is 254 g/mol. The van der Waals surface area contributed by atoms with E-state index in [-0.39, 0.29) is 0 Å². The maximum atomic E-state index is 6.07. The first-order chi connectivity index (χ1) is 7.72. The van der Waals surface area contributed by atoms with Gasteiger partial charge in [0.1, 0.15) is 5.69 Å². The number of nitrogens with zero attached hydrogens (tertiary/aromatic N) is 2. The normalized spacial score (nSPS) is 10.2. The van der Waals surface area contributed by atoms with Gasteiger partial charge in [-0.3, -0.25) is 4.98 Å². The Morgan fingerprint density at radius 1 is 1.12 bits per heavy atom. The average molecular weight is 255 g/mol. The standard InChI is InChI=1S/C10H8Cl2N4/c11-6-1-2-7(8(12)5-6)9-10(16-13)15-4-3-14-9/h1-5H,13H2,(H,15,16). The molecule has 4 nitrogen and oxygen atoms in total. The van der Waals surface area contributed by atoms with Crippen LogP contribution in [-0.4, -0.2) is 9.97 Å². The summed E-state index contributed by atoms with van der Waals surface area (Å²) >= 11 is 11.9. The first-order valence-electron chi connectivity index (χ1n) is 4.45. The highest BCUT2D eigenvalue weighted by Crippen LogP contribution is 2.31. The van der Waals surface area contributed by atoms with E-state index >= 15 is 0 Å². The average Bonchev–Trinajstić information content (AvgIpc) is 2.29. The third-order valence-corrected chi connectivity index (χ3v) is 2.57. The third kappa shape index (κ3) is 2.09. The fourth-order valence-corrected chi connectivity index (χ4v) is 1.82. The van der Waals surface area contributed by atoms with E-state index in [1.807, 2.05) is 0 Å². The summed E-state index contributed by atoms with van der Waals surface area (Å²) in [5, 5.41) is 1.07. The van der Waals surface area contributed by atoms with Crippen molar-refractivity contribution in [3.8, 4) is 11.3 Å². The van der Waals surface area contributed by atoms with Crippen LogP contribution in [0.25, 0.3) is 11.3 Å². The highest BCUT2D eigenvalue weighted by molar-refractivity contribution is 6.36. The highest BCUT2D eigenvalue weighted by Gasteiger charge is 2.10. The number of hydrazine groups is 1. The van der Waals surface area contributed by atoms with E-state index in [9.17, 15) is 0 Å². The molecule has 0 radical (unpaired) electrons. The number of anilines is 1. The van der Waals surface area contributed by atoms with Crippen LogP contribution in [-0.2, 0) is 0 Å². The van der Waals surface area contributed by atoms with E-state index in [0.717, 1.165) is 5.56 Å². The van der Waals surface area contributed by atoms with Crippen molar-refractivity contribution in [3.05, 3.63) is 40.6 Å². The predicted molar refractivity (Wildman–Crippen MR) is 65.3 cm³/mol. The van der Waals surface area contributed by atoms with Crippen molar-refractivity contribution in [2.75, 3.05) is 5.43 Å². The lowest BCUT2D eigenvalue weighted by atomic mass is 10.1. The van der Waals surface area contributed by atoms with E-state index in [2.05, 4.69) is 15.4 Å². The molecule has 0 aliphatic heterocycles. The van der Waals surface area contributed by atoms with Gasteiger partial charge < -0.3 is 5.43 Å². The van der Waals surface area contributed by atoms with Crippen molar-refractivity contribution >= 4 is 29.0 Å². The summed E-state index contributed by atoms with van der Waals surface area (Å²) in [5.41, 5.74) is 3.79. The molecule has 0 fully saturated rings. The lowest BCUT2D eigenvalue weighted by molar-refractivity contribution is 1.16. The second-order valence-corrected chi connectivity index (χ2v) is 3.87. The summed E-state index contributed by atoms with van der Waals surface area (Å²) in [6.07, 6.45) is 3.11. The Morgan fingerprint density at radius 2 is 1.88 bits per heavy atom. The number of benzene rings is 1. The molecule has 82 valence electrons. The molecule has 0 atom stereocenters. The van der Waals surface area contributed by atoms with Gasteiger partial charge in [-0.15, -0.1) is 0 Å². The van der Waals surface area contributed by atoms with Crippen LogP contribution >= 0.6 is 23.2 Å². The molecule has 6 heteroatoms. The Kier molecular flexibility index (Phi) is 3.24. The van der Waals surface area contributed by atoms with E-state index in [1.165, 1.54) is 0 Å². The second kappa shape index (κ2) is 4.65. The van der Waals surface area contributed by atoms with Gasteiger partial charge in [0.2, 0.25) is 0 Å². The van der Waals surface area contributed by atoms with Crippen LogP contribution in [0, 0.1) is 0 Å². The Morgan fingerprint density at radius 3 is 2.56 bits per heavy atom. The maximum Gasteiger partial charge on any atom is 0.166 e. The number of nitrogens with two attached hydrogens (primary N) is 1. The molecule has 16 heavy (non-hydrogen) atoms. The van der Waals surface area contributed by atoms with E-state index in [0.29, 0.717) is 21.6 Å². The lowest BCUT2D eigenvalue weighted by Gasteiger charge is -2.08. The number of rotatable bonds is 2. The van der Waals surface area contributed by atoms with Crippen LogP contribution in [0.2, 0.25) is 10.0 Å². The minimum absolute atomic E-state index is 0.465. The quantitative estimate of drug-likeness (QED) is 0.639. The van der Waals surface area contributed by atoms with Crippen molar-refractivity contribution in [2.45, 2.75) is 0 Å². The molecular weight excluding hydrogens is 247 g/mol. The third-order valence-electron chi connectivity index (χ3n) is 2.02. The van der Waals surface area contributed by atoms with Crippen molar-refractivity contribution in [1.29, 1.82) is 0 Å². The van der Waals surface area contributed by atoms with Gasteiger partial charge in [-0.2, -0.15) is 0 Å². The number of nitrogens with one attached hydrogen (secondary N) is 1. The Hall–Kier alpha value is -1.36. The van der Waals surface area contributed by atoms with Gasteiger partial charge in [-0.1, -0.05) is 23.2 Å². The van der Waals surface area contributed by atoms with Crippen LogP contribution in [0.5, 0.6) is 0 Å². The topological polar surface area (TPSA) is 63.8 Å². The molecule has 0 bridgehead atoms.